The Bertz CT molecular complexity index is 1300. The molecule has 18 nitrogen and oxygen atoms in total. The molecule has 13 N–H and O–H groups in total. The molecule has 0 aliphatic heterocycles. The largest absolute Gasteiger partial charge is 0.480 e. The zero-order valence-electron chi connectivity index (χ0n) is 22.6. The van der Waals surface area contributed by atoms with Crippen molar-refractivity contribution in [2.75, 3.05) is 6.54 Å². The second-order valence-electron chi connectivity index (χ2n) is 9.42. The molecule has 3 heterocycles. The molecule has 18 heteroatoms. The molecule has 0 bridgehead atoms. The summed E-state index contributed by atoms with van der Waals surface area (Å²) in [5.74, 6) is -3.46. The van der Waals surface area contributed by atoms with Crippen molar-refractivity contribution < 1.29 is 24.3 Å². The Morgan fingerprint density at radius 2 is 1.24 bits per heavy atom. The van der Waals surface area contributed by atoms with Gasteiger partial charge in [0.1, 0.15) is 18.1 Å². The van der Waals surface area contributed by atoms with Crippen LogP contribution in [0.2, 0.25) is 0 Å². The van der Waals surface area contributed by atoms with Gasteiger partial charge in [0.2, 0.25) is 17.7 Å². The number of guanidine groups is 1. The topological polar surface area (TPSA) is 301 Å². The van der Waals surface area contributed by atoms with Gasteiger partial charge in [0.05, 0.1) is 25.0 Å². The molecule has 3 rings (SSSR count). The molecule has 4 unspecified atom stereocenters. The van der Waals surface area contributed by atoms with Crippen LogP contribution in [-0.2, 0) is 38.4 Å². The zero-order chi connectivity index (χ0) is 30.5. The third kappa shape index (κ3) is 10.0. The number of nitrogens with one attached hydrogen (secondary N) is 6. The number of nitrogens with two attached hydrogens (primary N) is 3. The van der Waals surface area contributed by atoms with Crippen LogP contribution in [-0.4, -0.2) is 95.4 Å². The van der Waals surface area contributed by atoms with Gasteiger partial charge in [-0.2, -0.15) is 0 Å². The number of hydrogen-bond acceptors (Lipinski definition) is 9. The van der Waals surface area contributed by atoms with Gasteiger partial charge in [0, 0.05) is 61.5 Å². The van der Waals surface area contributed by atoms with Crippen LogP contribution in [0.5, 0.6) is 0 Å². The van der Waals surface area contributed by atoms with E-state index in [1.807, 2.05) is 0 Å². The minimum Gasteiger partial charge on any atom is -0.480 e. The van der Waals surface area contributed by atoms with Crippen molar-refractivity contribution in [1.82, 2.24) is 45.9 Å². The van der Waals surface area contributed by atoms with E-state index in [0.29, 0.717) is 23.5 Å². The summed E-state index contributed by atoms with van der Waals surface area (Å²) in [5, 5.41) is 17.4. The molecule has 0 aliphatic carbocycles. The van der Waals surface area contributed by atoms with Gasteiger partial charge in [-0.25, -0.2) is 19.7 Å². The molecule has 226 valence electrons. The van der Waals surface area contributed by atoms with Crippen LogP contribution in [0.1, 0.15) is 29.9 Å². The minimum atomic E-state index is -1.31. The average Bonchev–Trinajstić information content (AvgIpc) is 3.74. The van der Waals surface area contributed by atoms with Gasteiger partial charge in [-0.3, -0.25) is 19.4 Å². The molecule has 0 saturated heterocycles. The van der Waals surface area contributed by atoms with Gasteiger partial charge in [0.15, 0.2) is 5.96 Å². The van der Waals surface area contributed by atoms with Crippen molar-refractivity contribution in [3.05, 3.63) is 54.7 Å². The van der Waals surface area contributed by atoms with Crippen LogP contribution in [0, 0.1) is 0 Å². The number of carbonyl (C=O) groups is 4. The van der Waals surface area contributed by atoms with Crippen LogP contribution in [0.25, 0.3) is 0 Å². The quantitative estimate of drug-likeness (QED) is 0.0427. The van der Waals surface area contributed by atoms with Gasteiger partial charge < -0.3 is 53.2 Å². The fourth-order valence-corrected chi connectivity index (χ4v) is 3.96. The molecule has 0 fully saturated rings. The third-order valence-corrected chi connectivity index (χ3v) is 6.12. The van der Waals surface area contributed by atoms with E-state index in [4.69, 9.17) is 17.2 Å². The number of carboxylic acid groups (broad SMARTS) is 1. The van der Waals surface area contributed by atoms with Crippen LogP contribution in [0.3, 0.4) is 0 Å². The summed E-state index contributed by atoms with van der Waals surface area (Å²) in [4.78, 5) is 75.6. The van der Waals surface area contributed by atoms with Crippen LogP contribution in [0.4, 0.5) is 0 Å². The number of aromatic amines is 3. The summed E-state index contributed by atoms with van der Waals surface area (Å²) in [6.07, 6.45) is 9.15. The van der Waals surface area contributed by atoms with Crippen LogP contribution >= 0.6 is 0 Å². The lowest BCUT2D eigenvalue weighted by atomic mass is 10.1. The smallest absolute Gasteiger partial charge is 0.326 e. The summed E-state index contributed by atoms with van der Waals surface area (Å²) in [6, 6.07) is -4.65. The molecule has 0 aliphatic rings. The molecule has 0 radical (unpaired) electrons. The summed E-state index contributed by atoms with van der Waals surface area (Å²) in [7, 11) is 0. The molecular weight excluding hydrogens is 550 g/mol. The van der Waals surface area contributed by atoms with Crippen LogP contribution < -0.4 is 33.2 Å². The fraction of sp³-hybridized carbons (Fsp3) is 0.417. The summed E-state index contributed by atoms with van der Waals surface area (Å²) < 4.78 is 0. The van der Waals surface area contributed by atoms with E-state index in [-0.39, 0.29) is 38.2 Å². The lowest BCUT2D eigenvalue weighted by Crippen LogP contribution is -2.58. The predicted molar refractivity (Wildman–Crippen MR) is 148 cm³/mol. The van der Waals surface area contributed by atoms with E-state index in [1.54, 1.807) is 0 Å². The third-order valence-electron chi connectivity index (χ3n) is 6.12. The van der Waals surface area contributed by atoms with E-state index in [1.165, 1.54) is 37.6 Å². The van der Waals surface area contributed by atoms with Crippen molar-refractivity contribution in [1.29, 1.82) is 0 Å². The van der Waals surface area contributed by atoms with E-state index < -0.39 is 47.9 Å². The lowest BCUT2D eigenvalue weighted by Gasteiger charge is -2.25. The highest BCUT2D eigenvalue weighted by molar-refractivity contribution is 5.94. The Morgan fingerprint density at radius 1 is 0.762 bits per heavy atom. The van der Waals surface area contributed by atoms with Crippen LogP contribution in [0.15, 0.2) is 42.6 Å². The van der Waals surface area contributed by atoms with Gasteiger partial charge in [-0.05, 0) is 12.8 Å². The number of aromatic nitrogens is 6. The fourth-order valence-electron chi connectivity index (χ4n) is 3.96. The molecule has 3 amide bonds. The van der Waals surface area contributed by atoms with Crippen molar-refractivity contribution >= 4 is 29.7 Å². The maximum absolute atomic E-state index is 13.5. The van der Waals surface area contributed by atoms with E-state index in [9.17, 15) is 24.3 Å². The monoisotopic (exact) mass is 585 g/mol. The second-order valence-corrected chi connectivity index (χ2v) is 9.42. The number of rotatable bonds is 17. The highest BCUT2D eigenvalue weighted by Crippen LogP contribution is 2.06. The molecule has 0 saturated carbocycles. The summed E-state index contributed by atoms with van der Waals surface area (Å²) in [5.41, 5.74) is 18.4. The lowest BCUT2D eigenvalue weighted by molar-refractivity contribution is -0.142. The first-order valence-corrected chi connectivity index (χ1v) is 13.0. The SMILES string of the molecule is NC(N)=NCCCC(NC(=O)C(N)Cc1cnc[nH]1)C(=O)NC(Cc1cnc[nH]1)C(=O)NC(Cc1cnc[nH]1)C(=O)O. The first-order chi connectivity index (χ1) is 20.1. The Hall–Kier alpha value is -5.26. The van der Waals surface area contributed by atoms with Gasteiger partial charge in [0.25, 0.3) is 0 Å². The number of imidazole rings is 3. The van der Waals surface area contributed by atoms with Gasteiger partial charge in [-0.1, -0.05) is 0 Å². The number of nitrogens with zero attached hydrogens (tertiary/aromatic N) is 4. The van der Waals surface area contributed by atoms with Gasteiger partial charge >= 0.3 is 5.97 Å². The Balaban J connectivity index is 1.74. The number of aliphatic imine (C=N–C) groups is 1. The zero-order valence-corrected chi connectivity index (χ0v) is 22.6. The number of hydrogen-bond donors (Lipinski definition) is 10. The molecule has 3 aromatic heterocycles. The Kier molecular flexibility index (Phi) is 11.5. The number of aliphatic carboxylic acids is 1. The number of carboxylic acids is 1. The highest BCUT2D eigenvalue weighted by atomic mass is 16.4. The second kappa shape index (κ2) is 15.5. The first kappa shape index (κ1) is 31.3. The average molecular weight is 586 g/mol. The first-order valence-electron chi connectivity index (χ1n) is 13.0. The maximum Gasteiger partial charge on any atom is 0.326 e. The standard InChI is InChI=1S/C24H35N13O5/c25-16(4-13-7-28-10-32-13)20(38)35-17(2-1-3-31-24(26)27)21(39)36-18(5-14-8-29-11-33-14)22(40)37-19(23(41)42)6-15-9-30-12-34-15/h7-12,16-19H,1-6,25H2,(H,28,32)(H,29,33)(H,30,34)(H,35,38)(H,36,39)(H,37,40)(H,41,42)(H4,26,27,31). The Morgan fingerprint density at radius 3 is 1.74 bits per heavy atom. The normalized spacial score (nSPS) is 13.7. The molecule has 0 aromatic carbocycles. The highest BCUT2D eigenvalue weighted by Gasteiger charge is 2.31. The predicted octanol–water partition coefficient (Wildman–Crippen LogP) is -3.20. The van der Waals surface area contributed by atoms with Crippen molar-refractivity contribution in [3.8, 4) is 0 Å². The van der Waals surface area contributed by atoms with Crippen molar-refractivity contribution in [2.24, 2.45) is 22.2 Å². The number of H-pyrrole nitrogens is 3. The molecule has 4 atom stereocenters. The maximum atomic E-state index is 13.5. The molecule has 0 spiro atoms. The van der Waals surface area contributed by atoms with E-state index >= 15 is 0 Å². The molecular formula is C24H35N13O5. The summed E-state index contributed by atoms with van der Waals surface area (Å²) >= 11 is 0. The van der Waals surface area contributed by atoms with Crippen molar-refractivity contribution in [2.45, 2.75) is 56.3 Å². The molecule has 42 heavy (non-hydrogen) atoms. The number of carbonyl (C=O) groups excluding carboxylic acids is 3. The van der Waals surface area contributed by atoms with E-state index in [0.717, 1.165) is 0 Å². The number of amides is 3. The van der Waals surface area contributed by atoms with Gasteiger partial charge in [-0.15, -0.1) is 0 Å². The Labute approximate surface area is 239 Å². The van der Waals surface area contributed by atoms with E-state index in [2.05, 4.69) is 50.8 Å². The summed E-state index contributed by atoms with van der Waals surface area (Å²) in [6.45, 7) is 0.189. The van der Waals surface area contributed by atoms with Crippen molar-refractivity contribution in [3.63, 3.8) is 0 Å². The molecule has 3 aromatic rings. The minimum absolute atomic E-state index is 0.0397.